The van der Waals surface area contributed by atoms with E-state index in [4.69, 9.17) is 9.47 Å². The first-order valence-electron chi connectivity index (χ1n) is 7.04. The number of rotatable bonds is 6. The highest BCUT2D eigenvalue weighted by atomic mass is 16.5. The molecule has 1 amide bonds. The second kappa shape index (κ2) is 7.99. The number of hydrogen-bond acceptors (Lipinski definition) is 4. The zero-order valence-corrected chi connectivity index (χ0v) is 11.9. The minimum atomic E-state index is -0.247. The first-order valence-corrected chi connectivity index (χ1v) is 7.04. The van der Waals surface area contributed by atoms with Crippen molar-refractivity contribution in [2.24, 2.45) is 0 Å². The molecule has 20 heavy (non-hydrogen) atoms. The van der Waals surface area contributed by atoms with Gasteiger partial charge in [0.2, 0.25) is 5.91 Å². The molecule has 0 spiro atoms. The largest absolute Gasteiger partial charge is 0.378 e. The predicted octanol–water partition coefficient (Wildman–Crippen LogP) is 0.828. The van der Waals surface area contributed by atoms with Gasteiger partial charge in [-0.3, -0.25) is 4.79 Å². The van der Waals surface area contributed by atoms with Crippen LogP contribution in [0.5, 0.6) is 0 Å². The van der Waals surface area contributed by atoms with Gasteiger partial charge in [-0.25, -0.2) is 0 Å². The molecule has 1 heterocycles. The summed E-state index contributed by atoms with van der Waals surface area (Å²) in [5.74, 6) is -0.0177. The zero-order valence-electron chi connectivity index (χ0n) is 11.9. The summed E-state index contributed by atoms with van der Waals surface area (Å²) in [7, 11) is 0. The minimum absolute atomic E-state index is 0.0177. The normalized spacial score (nSPS) is 18.8. The van der Waals surface area contributed by atoms with Crippen LogP contribution in [0.2, 0.25) is 0 Å². The predicted molar refractivity (Wildman–Crippen MR) is 76.2 cm³/mol. The second-order valence-electron chi connectivity index (χ2n) is 4.71. The Morgan fingerprint density at radius 2 is 2.25 bits per heavy atom. The molecule has 1 aliphatic rings. The third-order valence-corrected chi connectivity index (χ3v) is 3.27. The molecular weight excluding hydrogens is 256 g/mol. The highest BCUT2D eigenvalue weighted by molar-refractivity contribution is 5.82. The van der Waals surface area contributed by atoms with Crippen LogP contribution in [0.4, 0.5) is 0 Å². The smallest absolute Gasteiger partial charge is 0.239 e. The summed E-state index contributed by atoms with van der Waals surface area (Å²) in [4.78, 5) is 12.0. The molecular formula is C15H22N2O3. The van der Waals surface area contributed by atoms with Crippen molar-refractivity contribution in [3.63, 3.8) is 0 Å². The Bertz CT molecular complexity index is 431. The average molecular weight is 278 g/mol. The third-order valence-electron chi connectivity index (χ3n) is 3.27. The van der Waals surface area contributed by atoms with Crippen LogP contribution in [0, 0.1) is 0 Å². The lowest BCUT2D eigenvalue weighted by molar-refractivity contribution is -0.126. The molecule has 2 rings (SSSR count). The molecule has 1 aliphatic heterocycles. The fraction of sp³-hybridized carbons (Fsp3) is 0.533. The van der Waals surface area contributed by atoms with Crippen LogP contribution in [0.3, 0.4) is 0 Å². The Balaban J connectivity index is 1.87. The minimum Gasteiger partial charge on any atom is -0.378 e. The number of morpholine rings is 1. The monoisotopic (exact) mass is 278 g/mol. The lowest BCUT2D eigenvalue weighted by Gasteiger charge is -2.23. The quantitative estimate of drug-likeness (QED) is 0.809. The van der Waals surface area contributed by atoms with Gasteiger partial charge in [-0.1, -0.05) is 24.3 Å². The summed E-state index contributed by atoms with van der Waals surface area (Å²) in [6.45, 7) is 5.57. The van der Waals surface area contributed by atoms with Gasteiger partial charge in [0, 0.05) is 19.7 Å². The first-order chi connectivity index (χ1) is 9.81. The number of carbonyl (C=O) groups excluding carboxylic acids is 1. The van der Waals surface area contributed by atoms with Crippen molar-refractivity contribution >= 4 is 5.91 Å². The summed E-state index contributed by atoms with van der Waals surface area (Å²) >= 11 is 0. The lowest BCUT2D eigenvalue weighted by atomic mass is 10.1. The van der Waals surface area contributed by atoms with E-state index in [0.29, 0.717) is 33.0 Å². The SMILES string of the molecule is CCOCc1ccccc1CNC(=O)C1COCCN1. The van der Waals surface area contributed by atoms with E-state index in [1.165, 1.54) is 0 Å². The Labute approximate surface area is 119 Å². The molecule has 0 saturated carbocycles. The highest BCUT2D eigenvalue weighted by Gasteiger charge is 2.20. The summed E-state index contributed by atoms with van der Waals surface area (Å²) in [6.07, 6.45) is 0. The number of amides is 1. The summed E-state index contributed by atoms with van der Waals surface area (Å²) in [5.41, 5.74) is 2.20. The number of nitrogens with one attached hydrogen (secondary N) is 2. The van der Waals surface area contributed by atoms with Crippen LogP contribution in [0.25, 0.3) is 0 Å². The van der Waals surface area contributed by atoms with Crippen LogP contribution >= 0.6 is 0 Å². The van der Waals surface area contributed by atoms with E-state index in [9.17, 15) is 4.79 Å². The maximum absolute atomic E-state index is 12.0. The lowest BCUT2D eigenvalue weighted by Crippen LogP contribution is -2.51. The van der Waals surface area contributed by atoms with E-state index in [1.54, 1.807) is 0 Å². The van der Waals surface area contributed by atoms with E-state index in [2.05, 4.69) is 10.6 Å². The van der Waals surface area contributed by atoms with Crippen molar-refractivity contribution in [2.75, 3.05) is 26.4 Å². The number of carbonyl (C=O) groups is 1. The maximum atomic E-state index is 12.0. The van der Waals surface area contributed by atoms with Gasteiger partial charge in [0.1, 0.15) is 6.04 Å². The van der Waals surface area contributed by atoms with Crippen molar-refractivity contribution < 1.29 is 14.3 Å². The van der Waals surface area contributed by atoms with Gasteiger partial charge >= 0.3 is 0 Å². The Kier molecular flexibility index (Phi) is 5.98. The molecule has 2 N–H and O–H groups in total. The average Bonchev–Trinajstić information content (AvgIpc) is 2.52. The van der Waals surface area contributed by atoms with E-state index >= 15 is 0 Å². The molecule has 0 bridgehead atoms. The van der Waals surface area contributed by atoms with Gasteiger partial charge in [-0.2, -0.15) is 0 Å². The van der Waals surface area contributed by atoms with Crippen LogP contribution in [-0.2, 0) is 27.4 Å². The first kappa shape index (κ1) is 15.0. The summed E-state index contributed by atoms with van der Waals surface area (Å²) in [5, 5.41) is 6.09. The van der Waals surface area contributed by atoms with Gasteiger partial charge in [-0.15, -0.1) is 0 Å². The summed E-state index contributed by atoms with van der Waals surface area (Å²) in [6, 6.07) is 7.75. The van der Waals surface area contributed by atoms with E-state index < -0.39 is 0 Å². The van der Waals surface area contributed by atoms with Gasteiger partial charge in [0.25, 0.3) is 0 Å². The van der Waals surface area contributed by atoms with Crippen molar-refractivity contribution in [3.8, 4) is 0 Å². The van der Waals surface area contributed by atoms with Crippen LogP contribution in [0.1, 0.15) is 18.1 Å². The van der Waals surface area contributed by atoms with Gasteiger partial charge in [0.15, 0.2) is 0 Å². The van der Waals surface area contributed by atoms with Gasteiger partial charge < -0.3 is 20.1 Å². The Morgan fingerprint density at radius 3 is 2.95 bits per heavy atom. The van der Waals surface area contributed by atoms with Gasteiger partial charge in [-0.05, 0) is 18.1 Å². The number of hydrogen-bond donors (Lipinski definition) is 2. The highest BCUT2D eigenvalue weighted by Crippen LogP contribution is 2.10. The Hall–Kier alpha value is -1.43. The van der Waals surface area contributed by atoms with Crippen LogP contribution in [-0.4, -0.2) is 38.3 Å². The molecule has 110 valence electrons. The van der Waals surface area contributed by atoms with E-state index in [1.807, 2.05) is 31.2 Å². The second-order valence-corrected chi connectivity index (χ2v) is 4.71. The maximum Gasteiger partial charge on any atom is 0.239 e. The molecule has 0 aliphatic carbocycles. The Morgan fingerprint density at radius 1 is 1.45 bits per heavy atom. The number of benzene rings is 1. The third kappa shape index (κ3) is 4.30. The molecule has 1 fully saturated rings. The van der Waals surface area contributed by atoms with E-state index in [0.717, 1.165) is 17.7 Å². The topological polar surface area (TPSA) is 59.6 Å². The van der Waals surface area contributed by atoms with Crippen molar-refractivity contribution in [3.05, 3.63) is 35.4 Å². The molecule has 1 atom stereocenters. The van der Waals surface area contributed by atoms with Crippen LogP contribution < -0.4 is 10.6 Å². The van der Waals surface area contributed by atoms with Crippen molar-refractivity contribution in [2.45, 2.75) is 26.1 Å². The van der Waals surface area contributed by atoms with Crippen molar-refractivity contribution in [1.29, 1.82) is 0 Å². The molecule has 1 aromatic carbocycles. The molecule has 5 heteroatoms. The number of ether oxygens (including phenoxy) is 2. The van der Waals surface area contributed by atoms with E-state index in [-0.39, 0.29) is 11.9 Å². The summed E-state index contributed by atoms with van der Waals surface area (Å²) < 4.78 is 10.7. The van der Waals surface area contributed by atoms with Crippen LogP contribution in [0.15, 0.2) is 24.3 Å². The molecule has 1 aromatic rings. The molecule has 1 saturated heterocycles. The molecule has 0 aromatic heterocycles. The fourth-order valence-corrected chi connectivity index (χ4v) is 2.12. The fourth-order valence-electron chi connectivity index (χ4n) is 2.12. The standard InChI is InChI=1S/C15H22N2O3/c1-2-19-10-13-6-4-3-5-12(13)9-17-15(18)14-11-20-8-7-16-14/h3-6,14,16H,2,7-11H2,1H3,(H,17,18). The molecule has 5 nitrogen and oxygen atoms in total. The van der Waals surface area contributed by atoms with Gasteiger partial charge in [0.05, 0.1) is 19.8 Å². The molecule has 1 unspecified atom stereocenters. The molecule has 0 radical (unpaired) electrons. The zero-order chi connectivity index (χ0) is 14.2. The van der Waals surface area contributed by atoms with Crippen molar-refractivity contribution in [1.82, 2.24) is 10.6 Å².